The average Bonchev–Trinajstić information content (AvgIpc) is 2.71. The van der Waals surface area contributed by atoms with Gasteiger partial charge in [-0.25, -0.2) is 4.79 Å². The molecule has 0 amide bonds. The van der Waals surface area contributed by atoms with E-state index >= 15 is 0 Å². The summed E-state index contributed by atoms with van der Waals surface area (Å²) in [6.07, 6.45) is 5.12. The van der Waals surface area contributed by atoms with Gasteiger partial charge in [-0.15, -0.1) is 0 Å². The van der Waals surface area contributed by atoms with E-state index in [0.717, 1.165) is 25.7 Å². The largest absolute Gasteiger partial charge is 0.507 e. The lowest BCUT2D eigenvalue weighted by atomic mass is 9.87. The number of phenols is 1. The monoisotopic (exact) mass is 399 g/mol. The van der Waals surface area contributed by atoms with E-state index in [0.29, 0.717) is 35.1 Å². The number of hydrogen-bond donors (Lipinski definition) is 2. The minimum absolute atomic E-state index is 0. The van der Waals surface area contributed by atoms with Gasteiger partial charge in [0.25, 0.3) is 0 Å². The van der Waals surface area contributed by atoms with Gasteiger partial charge in [-0.3, -0.25) is 4.79 Å². The second kappa shape index (κ2) is 12.0. The van der Waals surface area contributed by atoms with Gasteiger partial charge < -0.3 is 16.0 Å². The number of aromatic hydroxyl groups is 1. The molecule has 0 saturated heterocycles. The minimum Gasteiger partial charge on any atom is -0.507 e. The lowest BCUT2D eigenvalue weighted by molar-refractivity contribution is 0.0525. The molecule has 0 aliphatic rings. The van der Waals surface area contributed by atoms with Crippen LogP contribution in [0.15, 0.2) is 36.4 Å². The maximum atomic E-state index is 13.3. The fraction of sp³-hybridized carbons (Fsp3) is 0.417. The predicted molar refractivity (Wildman–Crippen MR) is 116 cm³/mol. The summed E-state index contributed by atoms with van der Waals surface area (Å²) >= 11 is 0. The smallest absolute Gasteiger partial charge is 0.338 e. The van der Waals surface area contributed by atoms with E-state index in [4.69, 9.17) is 4.74 Å². The van der Waals surface area contributed by atoms with Crippen LogP contribution >= 0.6 is 0 Å². The maximum Gasteiger partial charge on any atom is 0.338 e. The van der Waals surface area contributed by atoms with Crippen molar-refractivity contribution in [3.8, 4) is 5.75 Å². The Morgan fingerprint density at radius 2 is 1.69 bits per heavy atom. The average molecular weight is 400 g/mol. The van der Waals surface area contributed by atoms with Crippen molar-refractivity contribution < 1.29 is 19.4 Å². The van der Waals surface area contributed by atoms with E-state index in [1.165, 1.54) is 0 Å². The van der Waals surface area contributed by atoms with Crippen molar-refractivity contribution in [2.75, 3.05) is 6.61 Å². The van der Waals surface area contributed by atoms with Gasteiger partial charge in [0.15, 0.2) is 5.78 Å². The molecule has 0 aliphatic carbocycles. The van der Waals surface area contributed by atoms with Gasteiger partial charge in [0.1, 0.15) is 5.75 Å². The fourth-order valence-corrected chi connectivity index (χ4v) is 3.40. The number of ketones is 1. The molecule has 158 valence electrons. The van der Waals surface area contributed by atoms with Crippen molar-refractivity contribution >= 4 is 11.8 Å². The number of unbranched alkanes of at least 4 members (excludes halogenated alkanes) is 3. The highest BCUT2D eigenvalue weighted by Crippen LogP contribution is 2.33. The van der Waals surface area contributed by atoms with Crippen LogP contribution in [0.2, 0.25) is 0 Å². The number of hydrogen-bond acceptors (Lipinski definition) is 5. The molecule has 5 nitrogen and oxygen atoms in total. The Hall–Kier alpha value is -2.66. The lowest BCUT2D eigenvalue weighted by Crippen LogP contribution is -2.15. The molecule has 2 aromatic rings. The molecule has 0 atom stereocenters. The molecule has 0 saturated carbocycles. The Morgan fingerprint density at radius 3 is 2.28 bits per heavy atom. The van der Waals surface area contributed by atoms with Crippen LogP contribution in [-0.4, -0.2) is 23.5 Å². The van der Waals surface area contributed by atoms with E-state index in [1.807, 2.05) is 13.0 Å². The van der Waals surface area contributed by atoms with Crippen molar-refractivity contribution in [2.45, 2.75) is 59.3 Å². The first-order chi connectivity index (χ1) is 13.5. The fourth-order valence-electron chi connectivity index (χ4n) is 3.40. The molecule has 2 rings (SSSR count). The molecule has 0 heterocycles. The quantitative estimate of drug-likeness (QED) is 0.306. The molecule has 2 aromatic carbocycles. The van der Waals surface area contributed by atoms with E-state index in [1.54, 1.807) is 37.3 Å². The van der Waals surface area contributed by atoms with Gasteiger partial charge in [-0.1, -0.05) is 63.4 Å². The highest BCUT2D eigenvalue weighted by atomic mass is 16.5. The summed E-state index contributed by atoms with van der Waals surface area (Å²) in [5.41, 5.74) is 2.31. The Labute approximate surface area is 173 Å². The van der Waals surface area contributed by atoms with Gasteiger partial charge in [0.2, 0.25) is 0 Å². The van der Waals surface area contributed by atoms with Gasteiger partial charge in [0, 0.05) is 5.56 Å². The first kappa shape index (κ1) is 24.4. The molecule has 29 heavy (non-hydrogen) atoms. The van der Waals surface area contributed by atoms with Crippen LogP contribution in [0.4, 0.5) is 0 Å². The summed E-state index contributed by atoms with van der Waals surface area (Å²) in [6, 6.07) is 10.6. The molecule has 0 aliphatic heterocycles. The number of phenolic OH excluding ortho intramolecular Hbond substituents is 1. The zero-order valence-electron chi connectivity index (χ0n) is 17.8. The Kier molecular flexibility index (Phi) is 10.1. The summed E-state index contributed by atoms with van der Waals surface area (Å²) in [6.45, 7) is 6.05. The van der Waals surface area contributed by atoms with Crippen LogP contribution in [0, 0.1) is 0 Å². The maximum absolute atomic E-state index is 13.3. The SMILES string of the molecule is CCCCCCc1c(C(=O)OCC)cc(CC)c(O)c1C(=O)c1ccccc1.N. The minimum atomic E-state index is -0.440. The first-order valence-corrected chi connectivity index (χ1v) is 10.2. The normalized spacial score (nSPS) is 10.3. The molecule has 0 spiro atoms. The Bertz CT molecular complexity index is 815. The number of carbonyl (C=O) groups is 2. The first-order valence-electron chi connectivity index (χ1n) is 10.2. The van der Waals surface area contributed by atoms with Gasteiger partial charge >= 0.3 is 5.97 Å². The van der Waals surface area contributed by atoms with Crippen LogP contribution in [0.3, 0.4) is 0 Å². The topological polar surface area (TPSA) is 98.6 Å². The molecular formula is C24H33NO4. The van der Waals surface area contributed by atoms with Crippen molar-refractivity contribution in [3.63, 3.8) is 0 Å². The molecule has 0 unspecified atom stereocenters. The van der Waals surface area contributed by atoms with Crippen LogP contribution < -0.4 is 6.15 Å². The Morgan fingerprint density at radius 1 is 1.00 bits per heavy atom. The molecular weight excluding hydrogens is 366 g/mol. The van der Waals surface area contributed by atoms with E-state index < -0.39 is 5.97 Å². The molecule has 0 aromatic heterocycles. The second-order valence-corrected chi connectivity index (χ2v) is 6.87. The van der Waals surface area contributed by atoms with Crippen molar-refractivity contribution in [3.05, 3.63) is 64.2 Å². The van der Waals surface area contributed by atoms with Crippen LogP contribution in [-0.2, 0) is 17.6 Å². The van der Waals surface area contributed by atoms with Crippen LogP contribution in [0.1, 0.15) is 83.9 Å². The second-order valence-electron chi connectivity index (χ2n) is 6.87. The summed E-state index contributed by atoms with van der Waals surface area (Å²) in [5.74, 6) is -0.718. The lowest BCUT2D eigenvalue weighted by Gasteiger charge is -2.18. The van der Waals surface area contributed by atoms with Crippen molar-refractivity contribution in [1.29, 1.82) is 0 Å². The number of ether oxygens (including phenoxy) is 1. The Balaban J connectivity index is 0.00000420. The molecule has 0 fully saturated rings. The third-order valence-electron chi connectivity index (χ3n) is 4.91. The van der Waals surface area contributed by atoms with E-state index in [2.05, 4.69) is 6.92 Å². The molecule has 0 radical (unpaired) electrons. The van der Waals surface area contributed by atoms with Crippen LogP contribution in [0.5, 0.6) is 5.75 Å². The number of aryl methyl sites for hydroxylation is 1. The number of carbonyl (C=O) groups excluding carboxylic acids is 2. The summed E-state index contributed by atoms with van der Waals surface area (Å²) < 4.78 is 5.24. The van der Waals surface area contributed by atoms with Crippen molar-refractivity contribution in [2.24, 2.45) is 0 Å². The number of rotatable bonds is 10. The zero-order chi connectivity index (χ0) is 20.5. The molecule has 4 N–H and O–H groups in total. The summed E-state index contributed by atoms with van der Waals surface area (Å²) in [7, 11) is 0. The van der Waals surface area contributed by atoms with Gasteiger partial charge in [0.05, 0.1) is 17.7 Å². The van der Waals surface area contributed by atoms with E-state index in [9.17, 15) is 14.7 Å². The third-order valence-corrected chi connectivity index (χ3v) is 4.91. The molecule has 0 bridgehead atoms. The predicted octanol–water partition coefficient (Wildman–Crippen LogP) is 5.65. The van der Waals surface area contributed by atoms with Gasteiger partial charge in [-0.05, 0) is 43.4 Å². The summed E-state index contributed by atoms with van der Waals surface area (Å²) in [4.78, 5) is 25.9. The van der Waals surface area contributed by atoms with Crippen LogP contribution in [0.25, 0.3) is 0 Å². The van der Waals surface area contributed by atoms with Crippen molar-refractivity contribution in [1.82, 2.24) is 6.15 Å². The summed E-state index contributed by atoms with van der Waals surface area (Å²) in [5, 5.41) is 10.9. The van der Waals surface area contributed by atoms with E-state index in [-0.39, 0.29) is 29.9 Å². The number of esters is 1. The number of benzene rings is 2. The molecule has 5 heteroatoms. The standard InChI is InChI=1S/C24H30O4.H3N/c1-4-7-8-12-15-19-20(24(27)28-6-3)16-17(5-2)22(25)21(19)23(26)18-13-10-9-11-14-18;/h9-11,13-14,16,25H,4-8,12,15H2,1-3H3;1H3. The third kappa shape index (κ3) is 5.91. The highest BCUT2D eigenvalue weighted by molar-refractivity contribution is 6.13. The van der Waals surface area contributed by atoms with Gasteiger partial charge in [-0.2, -0.15) is 0 Å². The highest BCUT2D eigenvalue weighted by Gasteiger charge is 2.26. The zero-order valence-corrected chi connectivity index (χ0v) is 17.8.